The summed E-state index contributed by atoms with van der Waals surface area (Å²) in [5, 5.41) is 51.7. The van der Waals surface area contributed by atoms with Gasteiger partial charge in [-0.25, -0.2) is 4.79 Å². The number of aliphatic hydroxyl groups excluding tert-OH is 4. The van der Waals surface area contributed by atoms with Crippen LogP contribution < -0.4 is 5.32 Å². The van der Waals surface area contributed by atoms with Gasteiger partial charge >= 0.3 is 11.9 Å². The minimum Gasteiger partial charge on any atom is -0.469 e. The molecule has 0 radical (unpaired) electrons. The summed E-state index contributed by atoms with van der Waals surface area (Å²) in [6.07, 6.45) is 13.1. The molecule has 2 aromatic rings. The largest absolute Gasteiger partial charge is 0.469 e. The molecule has 5 N–H and O–H groups in total. The fraction of sp³-hybridized carbons (Fsp3) is 0.746. The Kier molecular flexibility index (Phi) is 12.4. The van der Waals surface area contributed by atoms with Crippen LogP contribution in [0.3, 0.4) is 0 Å². The Bertz CT molecular complexity index is 2970. The summed E-state index contributed by atoms with van der Waals surface area (Å²) in [5.41, 5.74) is -5.84. The highest BCUT2D eigenvalue weighted by Crippen LogP contribution is 2.86. The van der Waals surface area contributed by atoms with Crippen molar-refractivity contribution < 1.29 is 58.2 Å². The number of nitrogens with one attached hydrogen (secondary N) is 1. The maximum atomic E-state index is 16.9. The predicted molar refractivity (Wildman–Crippen MR) is 296 cm³/mol. The maximum Gasteiger partial charge on any atom is 0.339 e. The van der Waals surface area contributed by atoms with Gasteiger partial charge in [-0.15, -0.1) is 0 Å². The molecule has 15 rings (SSSR count). The Morgan fingerprint density at radius 3 is 2.57 bits per heavy atom. The van der Waals surface area contributed by atoms with Crippen LogP contribution >= 0.6 is 0 Å². The van der Waals surface area contributed by atoms with Gasteiger partial charge < -0.3 is 48.7 Å². The van der Waals surface area contributed by atoms with Crippen molar-refractivity contribution in [1.29, 1.82) is 0 Å². The van der Waals surface area contributed by atoms with Gasteiger partial charge in [-0.1, -0.05) is 69.0 Å². The van der Waals surface area contributed by atoms with Crippen molar-refractivity contribution in [3.63, 3.8) is 0 Å². The second-order valence-electron chi connectivity index (χ2n) is 29.4. The average Bonchev–Trinajstić information content (AvgIpc) is 1.51. The summed E-state index contributed by atoms with van der Waals surface area (Å²) in [4.78, 5) is 50.2. The van der Waals surface area contributed by atoms with E-state index in [-0.39, 0.29) is 60.5 Å². The number of carbonyl (C=O) groups is 3. The van der Waals surface area contributed by atoms with Gasteiger partial charge in [0.2, 0.25) is 0 Å². The lowest BCUT2D eigenvalue weighted by atomic mass is 9.30. The SMILES string of the molecule is CC(C)CC[C@]1(C)O[C@H]2[C@@]3(CC[C@H](CO)C3)C(=O)OC[C@]23[C@H]2CC[C@]4(C)[C@]56O[C@@H]5C(=O)O[C@@]45c4c(coc4C[C@@H]([C@@H]4CC[C@H]7[C@H](C=CN8CNC[C@H]78)C4)[C@H](O)CO)CC[C@H]5C#C[C@@H]4CC[C@H](Cc5ccccc5)C[C@H]4[C@@]26[C@H](O)C(=O)[C@@H]31. The molecule has 14 heteroatoms. The number of epoxide rings is 1. The zero-order valence-corrected chi connectivity index (χ0v) is 48.0. The number of furan rings is 1. The molecule has 4 bridgehead atoms. The van der Waals surface area contributed by atoms with Crippen molar-refractivity contribution in [2.24, 2.45) is 92.7 Å². The van der Waals surface area contributed by atoms with E-state index >= 15 is 9.59 Å². The normalized spacial score (nSPS) is 48.2. The first-order valence-electron chi connectivity index (χ1n) is 31.7. The number of carbonyl (C=O) groups excluding carboxylic acids is 3. The molecule has 7 aliphatic carbocycles. The third kappa shape index (κ3) is 6.92. The summed E-state index contributed by atoms with van der Waals surface area (Å²) in [7, 11) is 0. The highest BCUT2D eigenvalue weighted by atomic mass is 16.7. The molecule has 436 valence electrons. The molecule has 5 saturated heterocycles. The van der Waals surface area contributed by atoms with E-state index in [1.54, 1.807) is 0 Å². The van der Waals surface area contributed by atoms with E-state index in [4.69, 9.17) is 23.4 Å². The van der Waals surface area contributed by atoms with E-state index in [0.717, 1.165) is 69.3 Å². The first kappa shape index (κ1) is 53.6. The summed E-state index contributed by atoms with van der Waals surface area (Å²) >= 11 is 0. The molecule has 7 heterocycles. The van der Waals surface area contributed by atoms with Crippen LogP contribution in [0, 0.1) is 105 Å². The molecule has 0 amide bonds. The van der Waals surface area contributed by atoms with E-state index in [9.17, 15) is 25.2 Å². The number of ketones is 1. The van der Waals surface area contributed by atoms with Gasteiger partial charge in [0.25, 0.3) is 0 Å². The van der Waals surface area contributed by atoms with Crippen molar-refractivity contribution in [3.8, 4) is 11.8 Å². The number of cyclic esters (lactones) is 1. The molecule has 81 heavy (non-hydrogen) atoms. The molecule has 5 saturated carbocycles. The predicted octanol–water partition coefficient (Wildman–Crippen LogP) is 7.21. The van der Waals surface area contributed by atoms with Crippen LogP contribution in [0.15, 0.2) is 53.3 Å². The van der Waals surface area contributed by atoms with E-state index in [0.29, 0.717) is 87.8 Å². The van der Waals surface area contributed by atoms with Crippen LogP contribution in [0.25, 0.3) is 0 Å². The first-order valence-corrected chi connectivity index (χ1v) is 31.7. The lowest BCUT2D eigenvalue weighted by Gasteiger charge is -2.72. The van der Waals surface area contributed by atoms with Crippen LogP contribution in [-0.2, 0) is 58.2 Å². The van der Waals surface area contributed by atoms with Crippen molar-refractivity contribution in [1.82, 2.24) is 10.2 Å². The molecule has 13 aliphatic rings. The second-order valence-corrected chi connectivity index (χ2v) is 29.4. The van der Waals surface area contributed by atoms with Crippen LogP contribution in [0.4, 0.5) is 0 Å². The Labute approximate surface area is 477 Å². The minimum atomic E-state index is -1.60. The topological polar surface area (TPSA) is 201 Å². The number of rotatable bonds is 11. The van der Waals surface area contributed by atoms with Gasteiger partial charge in [-0.05, 0) is 180 Å². The zero-order chi connectivity index (χ0) is 55.8. The molecule has 1 aromatic carbocycles. The number of aryl methyl sites for hydroxylation is 1. The number of fused-ring (bicyclic) bond motifs is 6. The van der Waals surface area contributed by atoms with E-state index < -0.39 is 99.1 Å². The van der Waals surface area contributed by atoms with Gasteiger partial charge in [-0.2, -0.15) is 0 Å². The molecule has 0 unspecified atom stereocenters. The molecule has 6 aliphatic heterocycles. The number of aliphatic hydroxyl groups is 4. The third-order valence-corrected chi connectivity index (χ3v) is 25.7. The Morgan fingerprint density at radius 1 is 0.938 bits per heavy atom. The molecule has 10 fully saturated rings. The van der Waals surface area contributed by atoms with Gasteiger partial charge in [0.05, 0.1) is 54.6 Å². The molecular weight excluding hydrogens is 1020 g/mol. The number of nitrogens with zero attached hydrogens (tertiary/aromatic N) is 1. The highest BCUT2D eigenvalue weighted by Gasteiger charge is 2.96. The van der Waals surface area contributed by atoms with Crippen LogP contribution in [0.1, 0.15) is 140 Å². The van der Waals surface area contributed by atoms with Gasteiger partial charge in [0.15, 0.2) is 17.5 Å². The van der Waals surface area contributed by atoms with Crippen LogP contribution in [0.2, 0.25) is 0 Å². The van der Waals surface area contributed by atoms with E-state index in [2.05, 4.69) is 86.3 Å². The standard InChI is InChI=1S/C67H86N2O12/c1-37(2)18-22-61(3)55-54(73)56(74)65-48-27-39(26-38-8-6-5-7-9-38)10-11-41(48)12-15-45-16-13-44-34-77-51(29-47(50(72)33-71)42-14-17-46-43(28-42)21-25-69-36-68-31-49(46)69)53(44)66(45)62(4,67(65)57(79-67)58(75)80-66)23-20-52(65)64(55)35-78-60(76)63(59(64)81-61)24-19-40(30-63)32-70/h5-9,21,25,34,37,39-43,45-50,52,55-57,59,68,70-72,74H,10-11,13-14,16-20,22-24,26-33,35-36H2,1-4H3/t39-,40+,41+,42-,43-,45-,46+,47+,48-,49-,50-,52-,55-,56-,57-,59+,61+,62+,63+,64-,65+,66+,67-/m1/s1. The Morgan fingerprint density at radius 2 is 1.78 bits per heavy atom. The second kappa shape index (κ2) is 18.7. The molecule has 14 nitrogen and oxygen atoms in total. The molecule has 1 aromatic heterocycles. The molecule has 5 spiro atoms. The number of allylic oxidation sites excluding steroid dienone is 1. The number of benzene rings is 1. The van der Waals surface area contributed by atoms with Gasteiger partial charge in [0.1, 0.15) is 24.1 Å². The average molecular weight is 1110 g/mol. The molecule has 23 atom stereocenters. The lowest BCUT2D eigenvalue weighted by molar-refractivity contribution is -0.307. The lowest BCUT2D eigenvalue weighted by Crippen LogP contribution is -2.82. The monoisotopic (exact) mass is 1110 g/mol. The Balaban J connectivity index is 0.919. The third-order valence-electron chi connectivity index (χ3n) is 25.7. The van der Waals surface area contributed by atoms with Crippen LogP contribution in [-0.4, -0.2) is 118 Å². The summed E-state index contributed by atoms with van der Waals surface area (Å²) in [6, 6.07) is 11.0. The van der Waals surface area contributed by atoms with Gasteiger partial charge in [0, 0.05) is 53.3 Å². The quantitative estimate of drug-likeness (QED) is 0.0859. The number of ether oxygens (including phenoxy) is 4. The minimum absolute atomic E-state index is 0.0556. The summed E-state index contributed by atoms with van der Waals surface area (Å²) in [5.74, 6) is 5.65. The number of esters is 2. The molecular formula is C67H86N2O12. The van der Waals surface area contributed by atoms with Crippen molar-refractivity contribution in [3.05, 3.63) is 71.3 Å². The van der Waals surface area contributed by atoms with E-state index in [1.165, 1.54) is 5.56 Å². The van der Waals surface area contributed by atoms with Crippen molar-refractivity contribution in [2.45, 2.75) is 184 Å². The summed E-state index contributed by atoms with van der Waals surface area (Å²) < 4.78 is 36.3. The zero-order valence-electron chi connectivity index (χ0n) is 48.0. The summed E-state index contributed by atoms with van der Waals surface area (Å²) in [6.45, 7) is 9.91. The Hall–Kier alpha value is -4.07. The number of hydrogen-bond acceptors (Lipinski definition) is 14. The highest BCUT2D eigenvalue weighted by molar-refractivity contribution is 5.93. The smallest absolute Gasteiger partial charge is 0.339 e. The van der Waals surface area contributed by atoms with E-state index in [1.807, 2.05) is 12.3 Å². The van der Waals surface area contributed by atoms with Crippen LogP contribution in [0.5, 0.6) is 0 Å². The number of Topliss-reactive ketones (excluding diaryl/α,β-unsaturated/α-hetero) is 1. The first-order chi connectivity index (χ1) is 39.0. The fourth-order valence-corrected chi connectivity index (χ4v) is 22.5. The van der Waals surface area contributed by atoms with Crippen molar-refractivity contribution in [2.75, 3.05) is 33.0 Å². The van der Waals surface area contributed by atoms with Gasteiger partial charge in [-0.3, -0.25) is 14.9 Å². The maximum absolute atomic E-state index is 16.9. The number of hydrogen-bond donors (Lipinski definition) is 5. The fourth-order valence-electron chi connectivity index (χ4n) is 22.5. The van der Waals surface area contributed by atoms with Crippen molar-refractivity contribution >= 4 is 17.7 Å².